The smallest absolute Gasteiger partial charge is 0.131 e. The van der Waals surface area contributed by atoms with Gasteiger partial charge in [0.15, 0.2) is 0 Å². The zero-order valence-corrected chi connectivity index (χ0v) is 9.25. The van der Waals surface area contributed by atoms with E-state index in [1.54, 1.807) is 0 Å². The van der Waals surface area contributed by atoms with E-state index in [0.29, 0.717) is 12.5 Å². The van der Waals surface area contributed by atoms with Gasteiger partial charge >= 0.3 is 0 Å². The lowest BCUT2D eigenvalue weighted by Gasteiger charge is -2.42. The highest BCUT2D eigenvalue weighted by Gasteiger charge is 2.39. The topological polar surface area (TPSA) is 23.5 Å². The minimum absolute atomic E-state index is 0.191. The van der Waals surface area contributed by atoms with Crippen molar-refractivity contribution in [2.24, 2.45) is 5.92 Å². The minimum atomic E-state index is -0.833. The molecule has 3 atom stereocenters. The summed E-state index contributed by atoms with van der Waals surface area (Å²) in [6, 6.07) is 0.385. The van der Waals surface area contributed by atoms with Crippen LogP contribution in [0.2, 0.25) is 0 Å². The Labute approximate surface area is 86.6 Å². The summed E-state index contributed by atoms with van der Waals surface area (Å²) >= 11 is 0. The first kappa shape index (κ1) is 11.3. The van der Waals surface area contributed by atoms with Gasteiger partial charge in [0.2, 0.25) is 0 Å². The Bertz CT molecular complexity index is 276. The molecule has 0 saturated carbocycles. The van der Waals surface area contributed by atoms with E-state index in [1.807, 2.05) is 6.92 Å². The van der Waals surface area contributed by atoms with E-state index in [4.69, 9.17) is 0 Å². The molecular formula is C12H19NO. The van der Waals surface area contributed by atoms with Gasteiger partial charge in [0, 0.05) is 24.9 Å². The van der Waals surface area contributed by atoms with Gasteiger partial charge in [-0.25, -0.2) is 0 Å². The molecule has 1 N–H and O–H groups in total. The molecule has 1 fully saturated rings. The van der Waals surface area contributed by atoms with Crippen molar-refractivity contribution in [2.75, 3.05) is 13.6 Å². The monoisotopic (exact) mass is 193 g/mol. The normalized spacial score (nSPS) is 38.6. The highest BCUT2D eigenvalue weighted by Crippen LogP contribution is 2.30. The van der Waals surface area contributed by atoms with E-state index in [-0.39, 0.29) is 5.92 Å². The summed E-state index contributed by atoms with van der Waals surface area (Å²) in [7, 11) is 2.08. The lowest BCUT2D eigenvalue weighted by Crippen LogP contribution is -2.52. The van der Waals surface area contributed by atoms with E-state index >= 15 is 0 Å². The second-order valence-electron chi connectivity index (χ2n) is 4.29. The molecule has 0 aromatic rings. The van der Waals surface area contributed by atoms with E-state index in [0.717, 1.165) is 6.54 Å². The average Bonchev–Trinajstić information content (AvgIpc) is 2.12. The predicted octanol–water partition coefficient (Wildman–Crippen LogP) is 1.27. The van der Waals surface area contributed by atoms with Gasteiger partial charge < -0.3 is 10.0 Å². The fourth-order valence-electron chi connectivity index (χ4n) is 1.92. The molecular weight excluding hydrogens is 174 g/mol. The number of hydrogen-bond acceptors (Lipinski definition) is 2. The van der Waals surface area contributed by atoms with Gasteiger partial charge in [-0.15, -0.1) is 0 Å². The van der Waals surface area contributed by atoms with Gasteiger partial charge in [-0.2, -0.15) is 0 Å². The highest BCUT2D eigenvalue weighted by molar-refractivity contribution is 5.23. The zero-order chi connectivity index (χ0) is 10.8. The molecule has 0 amide bonds. The second kappa shape index (κ2) is 4.16. The SMILES string of the molecule is C=CC#C[C@]1(O)C[C@H](C)N(C)C[C@@H]1C. The fraction of sp³-hybridized carbons (Fsp3) is 0.667. The molecule has 0 radical (unpaired) electrons. The van der Waals surface area contributed by atoms with Crippen molar-refractivity contribution in [2.45, 2.75) is 31.9 Å². The van der Waals surface area contributed by atoms with Crippen molar-refractivity contribution in [1.29, 1.82) is 0 Å². The number of rotatable bonds is 0. The molecule has 1 saturated heterocycles. The van der Waals surface area contributed by atoms with Gasteiger partial charge in [0.1, 0.15) is 5.60 Å². The van der Waals surface area contributed by atoms with Crippen LogP contribution in [0.25, 0.3) is 0 Å². The third-order valence-corrected chi connectivity index (χ3v) is 3.13. The summed E-state index contributed by atoms with van der Waals surface area (Å²) in [6.07, 6.45) is 2.25. The molecule has 0 aromatic heterocycles. The Morgan fingerprint density at radius 2 is 2.21 bits per heavy atom. The molecule has 2 nitrogen and oxygen atoms in total. The molecule has 0 bridgehead atoms. The molecule has 1 heterocycles. The summed E-state index contributed by atoms with van der Waals surface area (Å²) in [5.74, 6) is 5.87. The number of likely N-dealkylation sites (tertiary alicyclic amines) is 1. The van der Waals surface area contributed by atoms with Gasteiger partial charge in [0.05, 0.1) is 0 Å². The van der Waals surface area contributed by atoms with Crippen LogP contribution in [-0.4, -0.2) is 35.2 Å². The van der Waals surface area contributed by atoms with Crippen LogP contribution in [0.15, 0.2) is 12.7 Å². The van der Waals surface area contributed by atoms with E-state index in [1.165, 1.54) is 6.08 Å². The van der Waals surface area contributed by atoms with Crippen LogP contribution >= 0.6 is 0 Å². The minimum Gasteiger partial charge on any atom is -0.377 e. The van der Waals surface area contributed by atoms with E-state index in [9.17, 15) is 5.11 Å². The van der Waals surface area contributed by atoms with Crippen LogP contribution in [0.5, 0.6) is 0 Å². The predicted molar refractivity (Wildman–Crippen MR) is 58.8 cm³/mol. The third kappa shape index (κ3) is 2.17. The lowest BCUT2D eigenvalue weighted by molar-refractivity contribution is -0.0346. The molecule has 2 heteroatoms. The molecule has 0 unspecified atom stereocenters. The Kier molecular flexibility index (Phi) is 3.36. The second-order valence-corrected chi connectivity index (χ2v) is 4.29. The highest BCUT2D eigenvalue weighted by atomic mass is 16.3. The third-order valence-electron chi connectivity index (χ3n) is 3.13. The maximum atomic E-state index is 10.3. The molecule has 1 aliphatic rings. The average molecular weight is 193 g/mol. The first-order valence-corrected chi connectivity index (χ1v) is 5.06. The standard InChI is InChI=1S/C12H19NO/c1-5-6-7-12(14)8-11(3)13(4)9-10(12)2/h5,10-11,14H,1,8-9H2,2-4H3/t10-,11-,12-/m0/s1. The molecule has 0 aromatic carbocycles. The van der Waals surface area contributed by atoms with Crippen molar-refractivity contribution >= 4 is 0 Å². The summed E-state index contributed by atoms with van der Waals surface area (Å²) in [5, 5.41) is 10.3. The van der Waals surface area contributed by atoms with Gasteiger partial charge in [-0.1, -0.05) is 25.3 Å². The van der Waals surface area contributed by atoms with Crippen molar-refractivity contribution in [3.05, 3.63) is 12.7 Å². The Balaban J connectivity index is 2.82. The van der Waals surface area contributed by atoms with E-state index in [2.05, 4.69) is 37.3 Å². The van der Waals surface area contributed by atoms with Crippen molar-refractivity contribution < 1.29 is 5.11 Å². The summed E-state index contributed by atoms with van der Waals surface area (Å²) in [4.78, 5) is 2.26. The molecule has 78 valence electrons. The number of hydrogen-bond donors (Lipinski definition) is 1. The van der Waals surface area contributed by atoms with Crippen LogP contribution in [-0.2, 0) is 0 Å². The number of piperidine rings is 1. The summed E-state index contributed by atoms with van der Waals surface area (Å²) in [6.45, 7) is 8.59. The van der Waals surface area contributed by atoms with Crippen molar-refractivity contribution in [3.63, 3.8) is 0 Å². The molecule has 14 heavy (non-hydrogen) atoms. The maximum Gasteiger partial charge on any atom is 0.131 e. The zero-order valence-electron chi connectivity index (χ0n) is 9.25. The quantitative estimate of drug-likeness (QED) is 0.586. The number of nitrogens with zero attached hydrogens (tertiary/aromatic N) is 1. The van der Waals surface area contributed by atoms with Crippen LogP contribution in [0, 0.1) is 17.8 Å². The largest absolute Gasteiger partial charge is 0.377 e. The van der Waals surface area contributed by atoms with Crippen LogP contribution in [0.3, 0.4) is 0 Å². The number of allylic oxidation sites excluding steroid dienone is 1. The van der Waals surface area contributed by atoms with Crippen LogP contribution in [0.4, 0.5) is 0 Å². The molecule has 0 aliphatic carbocycles. The fourth-order valence-corrected chi connectivity index (χ4v) is 1.92. The lowest BCUT2D eigenvalue weighted by atomic mass is 9.79. The first-order chi connectivity index (χ1) is 6.49. The van der Waals surface area contributed by atoms with Crippen LogP contribution < -0.4 is 0 Å². The van der Waals surface area contributed by atoms with Crippen molar-refractivity contribution in [1.82, 2.24) is 4.90 Å². The van der Waals surface area contributed by atoms with Gasteiger partial charge in [-0.05, 0) is 20.0 Å². The Hall–Kier alpha value is -0.780. The number of aliphatic hydroxyl groups is 1. The maximum absolute atomic E-state index is 10.3. The summed E-state index contributed by atoms with van der Waals surface area (Å²) < 4.78 is 0. The molecule has 0 spiro atoms. The van der Waals surface area contributed by atoms with Gasteiger partial charge in [-0.3, -0.25) is 0 Å². The van der Waals surface area contributed by atoms with Gasteiger partial charge in [0.25, 0.3) is 0 Å². The first-order valence-electron chi connectivity index (χ1n) is 5.06. The van der Waals surface area contributed by atoms with Crippen LogP contribution in [0.1, 0.15) is 20.3 Å². The molecule has 1 rings (SSSR count). The Morgan fingerprint density at radius 3 is 2.79 bits per heavy atom. The van der Waals surface area contributed by atoms with Crippen molar-refractivity contribution in [3.8, 4) is 11.8 Å². The Morgan fingerprint density at radius 1 is 1.57 bits per heavy atom. The van der Waals surface area contributed by atoms with E-state index < -0.39 is 5.60 Å². The summed E-state index contributed by atoms with van der Waals surface area (Å²) in [5.41, 5.74) is -0.833. The molecule has 1 aliphatic heterocycles.